The molecule has 0 saturated carbocycles. The number of phenols is 30. The summed E-state index contributed by atoms with van der Waals surface area (Å²) in [6.45, 7) is -4.22. The Morgan fingerprint density at radius 2 is 0.391 bits per heavy atom. The van der Waals surface area contributed by atoms with Gasteiger partial charge < -0.3 is 206 Å². The van der Waals surface area contributed by atoms with Gasteiger partial charge in [0.1, 0.15) is 19.3 Å². The molecule has 0 fully saturated rings. The van der Waals surface area contributed by atoms with Crippen LogP contribution in [0.25, 0.3) is 66.8 Å². The van der Waals surface area contributed by atoms with Crippen molar-refractivity contribution in [1.82, 2.24) is 0 Å². The number of aliphatic hydroxyl groups excluding tert-OH is 1. The van der Waals surface area contributed by atoms with Gasteiger partial charge in [0.25, 0.3) is 0 Å². The first kappa shape index (κ1) is 84.7. The molecule has 10 atom stereocenters. The van der Waals surface area contributed by atoms with Gasteiger partial charge in [-0.15, -0.1) is 0 Å². The molecule has 10 aromatic carbocycles. The normalized spacial score (nSPS) is 20.8. The fourth-order valence-electron chi connectivity index (χ4n) is 17.5. The first-order valence-electron chi connectivity index (χ1n) is 37.2. The van der Waals surface area contributed by atoms with Gasteiger partial charge in [-0.1, -0.05) is 0 Å². The Balaban J connectivity index is 0.956. The molecule has 51 nitrogen and oxygen atoms in total. The molecular weight excluding hydrogens is 1800 g/mol. The van der Waals surface area contributed by atoms with Crippen LogP contribution in [-0.2, 0) is 47.4 Å². The molecule has 10 aliphatic heterocycles. The van der Waals surface area contributed by atoms with Crippen molar-refractivity contribution < 1.29 is 254 Å². The van der Waals surface area contributed by atoms with Crippen LogP contribution in [0.4, 0.5) is 0 Å². The highest BCUT2D eigenvalue weighted by Crippen LogP contribution is 2.68. The highest BCUT2D eigenvalue weighted by Gasteiger charge is 2.61. The molecule has 0 aromatic heterocycles. The summed E-state index contributed by atoms with van der Waals surface area (Å²) in [6.07, 6.45) is -30.1. The molecule has 12 bridgehead atoms. The number of esters is 10. The van der Waals surface area contributed by atoms with Crippen molar-refractivity contribution in [2.45, 2.75) is 60.9 Å². The van der Waals surface area contributed by atoms with Crippen molar-refractivity contribution in [2.75, 3.05) is 13.2 Å². The Hall–Kier alpha value is -19.1. The van der Waals surface area contributed by atoms with Gasteiger partial charge in [-0.2, -0.15) is 0 Å². The molecule has 133 heavy (non-hydrogen) atoms. The quantitative estimate of drug-likeness (QED) is 0.0638. The van der Waals surface area contributed by atoms with E-state index in [0.717, 1.165) is 0 Å². The van der Waals surface area contributed by atoms with E-state index in [9.17, 15) is 168 Å². The first-order chi connectivity index (χ1) is 62.6. The Labute approximate surface area is 726 Å². The topological polar surface area (TPSA) is 890 Å². The van der Waals surface area contributed by atoms with Crippen molar-refractivity contribution in [3.63, 3.8) is 0 Å². The molecule has 10 aromatic rings. The molecule has 684 valence electrons. The molecule has 10 aliphatic rings. The summed E-state index contributed by atoms with van der Waals surface area (Å²) in [7, 11) is 0. The average molecular weight is 1850 g/mol. The van der Waals surface area contributed by atoms with Crippen LogP contribution in [0.2, 0.25) is 0 Å². The summed E-state index contributed by atoms with van der Waals surface area (Å²) in [5.74, 6) is -84.2. The zero-order valence-corrected chi connectivity index (χ0v) is 64.6. The number of benzene rings is 10. The lowest BCUT2D eigenvalue weighted by molar-refractivity contribution is -0.154. The molecule has 0 unspecified atom stereocenters. The zero-order chi connectivity index (χ0) is 96.3. The van der Waals surface area contributed by atoms with Gasteiger partial charge in [0.05, 0.1) is 61.6 Å². The Morgan fingerprint density at radius 3 is 0.729 bits per heavy atom. The van der Waals surface area contributed by atoms with Crippen molar-refractivity contribution in [1.29, 1.82) is 0 Å². The van der Waals surface area contributed by atoms with Crippen LogP contribution >= 0.6 is 0 Å². The van der Waals surface area contributed by atoms with E-state index in [1.807, 2.05) is 0 Å². The van der Waals surface area contributed by atoms with Crippen molar-refractivity contribution in [3.8, 4) is 239 Å². The Morgan fingerprint density at radius 1 is 0.180 bits per heavy atom. The van der Waals surface area contributed by atoms with E-state index in [2.05, 4.69) is 0 Å². The lowest BCUT2D eigenvalue weighted by Gasteiger charge is -2.43. The van der Waals surface area contributed by atoms with E-state index in [4.69, 9.17) is 47.4 Å². The number of cyclic esters (lactones) is 2. The van der Waals surface area contributed by atoms with Crippen LogP contribution in [0.1, 0.15) is 132 Å². The third-order valence-electron chi connectivity index (χ3n) is 23.4. The van der Waals surface area contributed by atoms with Crippen molar-refractivity contribution in [3.05, 3.63) is 103 Å². The van der Waals surface area contributed by atoms with Crippen LogP contribution in [0.15, 0.2) is 30.3 Å². The second-order valence-electron chi connectivity index (χ2n) is 30.3. The van der Waals surface area contributed by atoms with Crippen molar-refractivity contribution >= 4 is 59.7 Å². The Kier molecular flexibility index (Phi) is 18.1. The zero-order valence-electron chi connectivity index (χ0n) is 64.6. The maximum Gasteiger partial charge on any atom is 0.340 e. The van der Waals surface area contributed by atoms with Gasteiger partial charge in [0.2, 0.25) is 57.5 Å². The molecule has 10 heterocycles. The molecular formula is C82H50O51. The van der Waals surface area contributed by atoms with Gasteiger partial charge in [-0.3, -0.25) is 0 Å². The third kappa shape index (κ3) is 11.3. The number of rotatable bonds is 1. The van der Waals surface area contributed by atoms with E-state index in [1.165, 1.54) is 0 Å². The van der Waals surface area contributed by atoms with Crippen LogP contribution in [0.3, 0.4) is 0 Å². The molecule has 31 N–H and O–H groups in total. The largest absolute Gasteiger partial charge is 0.504 e. The van der Waals surface area contributed by atoms with Crippen LogP contribution in [-0.4, -0.2) is 280 Å². The van der Waals surface area contributed by atoms with E-state index in [1.54, 1.807) is 0 Å². The van der Waals surface area contributed by atoms with Gasteiger partial charge in [0, 0.05) is 83.5 Å². The number of ether oxygens (including phenoxy) is 10. The van der Waals surface area contributed by atoms with Gasteiger partial charge in [0.15, 0.2) is 164 Å². The summed E-state index contributed by atoms with van der Waals surface area (Å²) < 4.78 is 58.6. The Bertz CT molecular complexity index is 7280. The number of hydrogen-bond acceptors (Lipinski definition) is 51. The minimum atomic E-state index is -3.66. The fraction of sp³-hybridized carbons (Fsp3) is 0.146. The monoisotopic (exact) mass is 1850 g/mol. The molecule has 0 aliphatic carbocycles. The highest BCUT2D eigenvalue weighted by molar-refractivity contribution is 6.20. The molecule has 0 spiro atoms. The highest BCUT2D eigenvalue weighted by atomic mass is 16.7. The summed E-state index contributed by atoms with van der Waals surface area (Å²) in [4.78, 5) is 159. The van der Waals surface area contributed by atoms with Gasteiger partial charge in [-0.25, -0.2) is 47.9 Å². The summed E-state index contributed by atoms with van der Waals surface area (Å²) in [6, 6.07) is 0.454. The lowest BCUT2D eigenvalue weighted by Crippen LogP contribution is -2.56. The first-order valence-corrected chi connectivity index (χ1v) is 37.2. The standard InChI is InChI=1S/C82H50O51/c83-13-1-8-20(46(93)41(13)88)21-9(2-14(84)42(89)47(21)94)76(117)128-67-18(6-124-73(8)114)126-74(115)10-3-15(85)43(90)48(95)22(10)26-36-28(54(101)62(109)52(26)99)29-38-33(59(106)65(112)55(29)102)34(69(130-79(38)120)71(67)132-80(36)121)32-35-25(51(98)64(111)58(32)105)24-12(5-17(87)45(92)50(24)97)77(118)129-68-19(7-125-78(35)119)127-75(116)11-4-16(86)44(91)49(96)23(11)27-37-30(56(103)63(110)53(27)100)31-39-40(60(107)66(113)57(31)104)61(108)70(131-82(39)123)72(68)133-81(37)122/h1-5,18-19,34,61,67-72,83-113H,6-7H2/t18-,19-,34-,61+,67+,68-,69+,70-,71-,72+/m0/s1. The lowest BCUT2D eigenvalue weighted by atomic mass is 9.72. The molecule has 0 saturated heterocycles. The van der Waals surface area contributed by atoms with Crippen LogP contribution in [0.5, 0.6) is 172 Å². The number of fused-ring (bicyclic) bond motifs is 14. The third-order valence-corrected chi connectivity index (χ3v) is 23.4. The second kappa shape index (κ2) is 28.4. The van der Waals surface area contributed by atoms with E-state index in [0.29, 0.717) is 0 Å². The fourth-order valence-corrected chi connectivity index (χ4v) is 17.5. The average Bonchev–Trinajstić information content (AvgIpc) is 1.35. The molecule has 51 heteroatoms. The van der Waals surface area contributed by atoms with Crippen LogP contribution in [0, 0.1) is 0 Å². The smallest absolute Gasteiger partial charge is 0.340 e. The summed E-state index contributed by atoms with van der Waals surface area (Å²) >= 11 is 0. The number of carbonyl (C=O) groups excluding carboxylic acids is 10. The number of carbonyl (C=O) groups is 10. The maximum atomic E-state index is 16.8. The van der Waals surface area contributed by atoms with Crippen molar-refractivity contribution in [2.24, 2.45) is 0 Å². The van der Waals surface area contributed by atoms with E-state index >= 15 is 38.4 Å². The summed E-state index contributed by atoms with van der Waals surface area (Å²) in [5.41, 5.74) is -42.6. The minimum absolute atomic E-state index is 0.0437. The molecule has 0 radical (unpaired) electrons. The van der Waals surface area contributed by atoms with Gasteiger partial charge in [-0.05, 0) is 30.3 Å². The number of phenolic OH excluding ortho intramolecular Hbond substituents is 30. The second-order valence-corrected chi connectivity index (χ2v) is 30.3. The number of hydrogen-bond donors (Lipinski definition) is 31. The predicted molar refractivity (Wildman–Crippen MR) is 409 cm³/mol. The van der Waals surface area contributed by atoms with Gasteiger partial charge >= 0.3 is 59.7 Å². The predicted octanol–water partition coefficient (Wildman–Crippen LogP) is 3.05. The number of aliphatic hydroxyl groups is 1. The number of aromatic hydroxyl groups is 30. The minimum Gasteiger partial charge on any atom is -0.504 e. The molecule has 20 rings (SSSR count). The van der Waals surface area contributed by atoms with Crippen LogP contribution < -0.4 is 0 Å². The SMILES string of the molecule is O=C1OC[C@@H]2OC(=O)c3cc(O)c(O)c(O)c3-c3c(O)c(O)c(O)c4c3C(=O)O[C@H]([C@@H]3OC(=O)c5c-4c(O)c(O)c(O)c5[C@@H]3c3c(O)c(O)c(O)c4c3C(=O)OC[C@@H]3OC(=O)c5cc(O)c(O)c(O)c5-c5c(O)c(O)c(O)c6c5C(=O)O[C@H]([C@H]3OC(=O)c3cc(O)c(O)c(O)c3-4)[C@H]3OC(=O)c4c-6c(O)c(O)c(O)c4[C@H]3O)[C@@H]2OC(=O)c2cc(O)c(O)c(O)c2-c2c1cc(O)c(O)c2O. The van der Waals surface area contributed by atoms with E-state index < -0.39 is 445 Å². The summed E-state index contributed by atoms with van der Waals surface area (Å²) in [5, 5.41) is 369. The van der Waals surface area contributed by atoms with E-state index in [-0.39, 0.29) is 30.3 Å². The maximum absolute atomic E-state index is 16.8. The molecule has 0 amide bonds.